The summed E-state index contributed by atoms with van der Waals surface area (Å²) >= 11 is 2.14. The minimum absolute atomic E-state index is 0.898. The molecular weight excluding hydrogens is 735 g/mol. The van der Waals surface area contributed by atoms with Crippen LogP contribution in [-0.4, -0.2) is 18.4 Å². The zero-order valence-electron chi connectivity index (χ0n) is 34.0. The Bertz CT molecular complexity index is 1200. The molecule has 0 aliphatic rings. The Morgan fingerprint density at radius 3 is 1.29 bits per heavy atom. The fourth-order valence-corrected chi connectivity index (χ4v) is 15.9. The van der Waals surface area contributed by atoms with Gasteiger partial charge >= 0.3 is 281 Å². The van der Waals surface area contributed by atoms with Crippen LogP contribution in [0.3, 0.4) is 0 Å². The summed E-state index contributed by atoms with van der Waals surface area (Å²) in [5.74, 6) is 1.80. The molecular formula is C46H80S2Sn. The van der Waals surface area contributed by atoms with Gasteiger partial charge in [-0.25, -0.2) is 0 Å². The van der Waals surface area contributed by atoms with Crippen molar-refractivity contribution in [3.63, 3.8) is 0 Å². The fraction of sp³-hybridized carbons (Fsp3) is 0.783. The van der Waals surface area contributed by atoms with Crippen LogP contribution in [0, 0.1) is 18.8 Å². The summed E-state index contributed by atoms with van der Waals surface area (Å²) in [6.07, 6.45) is 36.6. The second-order valence-electron chi connectivity index (χ2n) is 17.1. The third-order valence-electron chi connectivity index (χ3n) is 11.5. The first kappa shape index (κ1) is 43.3. The van der Waals surface area contributed by atoms with E-state index in [1.54, 1.807) is 34.2 Å². The predicted molar refractivity (Wildman–Crippen MR) is 233 cm³/mol. The number of thiophene rings is 2. The summed E-state index contributed by atoms with van der Waals surface area (Å²) in [4.78, 5) is 9.43. The van der Waals surface area contributed by atoms with Crippen molar-refractivity contribution in [3.05, 3.63) is 28.1 Å². The van der Waals surface area contributed by atoms with Gasteiger partial charge in [-0.3, -0.25) is 0 Å². The van der Waals surface area contributed by atoms with Crippen LogP contribution in [0.25, 0.3) is 20.2 Å². The molecule has 49 heavy (non-hydrogen) atoms. The molecule has 0 aliphatic carbocycles. The van der Waals surface area contributed by atoms with E-state index in [1.807, 2.05) is 0 Å². The molecule has 0 spiro atoms. The van der Waals surface area contributed by atoms with Crippen molar-refractivity contribution in [1.82, 2.24) is 0 Å². The van der Waals surface area contributed by atoms with Crippen LogP contribution >= 0.6 is 22.7 Å². The molecule has 3 rings (SSSR count). The van der Waals surface area contributed by atoms with E-state index in [-0.39, 0.29) is 0 Å². The van der Waals surface area contributed by atoms with Crippen LogP contribution in [0.2, 0.25) is 14.8 Å². The van der Waals surface area contributed by atoms with Gasteiger partial charge in [0.05, 0.1) is 0 Å². The normalized spacial score (nSPS) is 13.6. The minimum atomic E-state index is -2.22. The molecule has 280 valence electrons. The maximum atomic E-state index is 2.75. The topological polar surface area (TPSA) is 0 Å². The first-order chi connectivity index (χ1) is 23.7. The molecule has 0 bridgehead atoms. The fourth-order valence-electron chi connectivity index (χ4n) is 8.27. The SMILES string of the molecule is CCCCCCCCC(CCCCC)CCc1c2c[c]([Sn]([CH3])([CH3])[CH3])sc2c(CCC(CCCCC)CCCCCCCC)c2cc(C)sc12. The Kier molecular flexibility index (Phi) is 21.5. The van der Waals surface area contributed by atoms with E-state index in [4.69, 9.17) is 0 Å². The first-order valence-corrected chi connectivity index (χ1v) is 33.3. The number of unbranched alkanes of at least 4 members (excludes halogenated alkanes) is 14. The Hall–Kier alpha value is -0.0613. The van der Waals surface area contributed by atoms with Crippen LogP contribution in [0.5, 0.6) is 0 Å². The second-order valence-corrected chi connectivity index (χ2v) is 34.8. The summed E-state index contributed by atoms with van der Waals surface area (Å²) in [7, 11) is 0. The number of rotatable bonds is 29. The molecule has 0 aliphatic heterocycles. The zero-order valence-corrected chi connectivity index (χ0v) is 38.5. The Morgan fingerprint density at radius 1 is 0.469 bits per heavy atom. The van der Waals surface area contributed by atoms with E-state index in [0.29, 0.717) is 0 Å². The van der Waals surface area contributed by atoms with Gasteiger partial charge in [0, 0.05) is 0 Å². The summed E-state index contributed by atoms with van der Waals surface area (Å²) in [6, 6.07) is 5.35. The van der Waals surface area contributed by atoms with Crippen molar-refractivity contribution in [2.45, 2.75) is 216 Å². The summed E-state index contributed by atoms with van der Waals surface area (Å²) < 4.78 is 5.16. The van der Waals surface area contributed by atoms with Gasteiger partial charge in [0.1, 0.15) is 0 Å². The van der Waals surface area contributed by atoms with E-state index in [0.717, 1.165) is 11.8 Å². The van der Waals surface area contributed by atoms with Gasteiger partial charge in [0.15, 0.2) is 0 Å². The van der Waals surface area contributed by atoms with Crippen molar-refractivity contribution >= 4 is 64.1 Å². The van der Waals surface area contributed by atoms with E-state index < -0.39 is 18.4 Å². The van der Waals surface area contributed by atoms with Crippen LogP contribution < -0.4 is 2.89 Å². The van der Waals surface area contributed by atoms with Crippen LogP contribution in [0.15, 0.2) is 12.1 Å². The van der Waals surface area contributed by atoms with Gasteiger partial charge in [-0.05, 0) is 0 Å². The number of hydrogen-bond acceptors (Lipinski definition) is 2. The molecule has 3 aromatic rings. The second kappa shape index (κ2) is 24.3. The zero-order chi connectivity index (χ0) is 35.5. The molecule has 0 nitrogen and oxygen atoms in total. The Balaban J connectivity index is 1.88. The third kappa shape index (κ3) is 15.1. The summed E-state index contributed by atoms with van der Waals surface area (Å²) in [5, 5.41) is 3.33. The van der Waals surface area contributed by atoms with Crippen LogP contribution in [0.4, 0.5) is 0 Å². The average molecular weight is 816 g/mol. The number of benzene rings is 1. The Labute approximate surface area is 318 Å². The predicted octanol–water partition coefficient (Wildman–Crippen LogP) is 16.7. The molecule has 0 N–H and O–H groups in total. The maximum absolute atomic E-state index is 2.75. The van der Waals surface area contributed by atoms with Crippen molar-refractivity contribution < 1.29 is 0 Å². The van der Waals surface area contributed by atoms with E-state index in [2.05, 4.69) is 84.2 Å². The number of hydrogen-bond donors (Lipinski definition) is 0. The van der Waals surface area contributed by atoms with Crippen LogP contribution in [0.1, 0.15) is 198 Å². The molecule has 3 heteroatoms. The van der Waals surface area contributed by atoms with Crippen molar-refractivity contribution in [1.29, 1.82) is 0 Å². The molecule has 0 fully saturated rings. The van der Waals surface area contributed by atoms with Crippen molar-refractivity contribution in [2.75, 3.05) is 0 Å². The molecule has 0 saturated heterocycles. The Morgan fingerprint density at radius 2 is 0.837 bits per heavy atom. The van der Waals surface area contributed by atoms with Crippen molar-refractivity contribution in [3.8, 4) is 0 Å². The van der Waals surface area contributed by atoms with Gasteiger partial charge in [-0.2, -0.15) is 0 Å². The van der Waals surface area contributed by atoms with E-state index >= 15 is 0 Å². The molecule has 0 amide bonds. The van der Waals surface area contributed by atoms with Gasteiger partial charge in [-0.15, -0.1) is 0 Å². The summed E-state index contributed by atoms with van der Waals surface area (Å²) in [6.45, 7) is 11.8. The van der Waals surface area contributed by atoms with Gasteiger partial charge in [-0.1, -0.05) is 39.5 Å². The summed E-state index contributed by atoms with van der Waals surface area (Å²) in [5.41, 5.74) is 3.47. The number of fused-ring (bicyclic) bond motifs is 2. The van der Waals surface area contributed by atoms with Crippen molar-refractivity contribution in [2.24, 2.45) is 11.8 Å². The standard InChI is InChI=1S/C43H71S2.3CH3.Sn/c1-6-10-14-16-18-22-26-36(24-20-12-8-3)28-30-38-40-32-33-44-42(40)39(41-34-35(5)45-43(38)41)31-29-37(25-21-13-9-4)27-23-19-17-15-11-7-2;;;;/h32,34,36-37H,6-31H2,1-5H3;3*1H3;. The average Bonchev–Trinajstić information content (AvgIpc) is 3.69. The van der Waals surface area contributed by atoms with Gasteiger partial charge in [0.2, 0.25) is 0 Å². The van der Waals surface area contributed by atoms with E-state index in [1.165, 1.54) is 172 Å². The molecule has 0 saturated carbocycles. The molecule has 2 heterocycles. The van der Waals surface area contributed by atoms with Gasteiger partial charge < -0.3 is 0 Å². The quantitative estimate of drug-likeness (QED) is 0.0484. The monoisotopic (exact) mass is 816 g/mol. The third-order valence-corrected chi connectivity index (χ3v) is 23.2. The molecule has 1 aromatic carbocycles. The molecule has 0 radical (unpaired) electrons. The molecule has 2 unspecified atom stereocenters. The van der Waals surface area contributed by atoms with Crippen LogP contribution in [-0.2, 0) is 12.8 Å². The first-order valence-electron chi connectivity index (χ1n) is 21.7. The molecule has 2 aromatic heterocycles. The number of aryl methyl sites for hydroxylation is 3. The molecule has 2 atom stereocenters. The van der Waals surface area contributed by atoms with Gasteiger partial charge in [0.25, 0.3) is 0 Å². The van der Waals surface area contributed by atoms with E-state index in [9.17, 15) is 0 Å².